The zero-order valence-electron chi connectivity index (χ0n) is 16.2. The molecule has 0 aromatic heterocycles. The number of fused-ring (bicyclic) bond motifs is 1. The molecule has 0 unspecified atom stereocenters. The molecule has 1 fully saturated rings. The lowest BCUT2D eigenvalue weighted by Crippen LogP contribution is -2.50. The van der Waals surface area contributed by atoms with Gasteiger partial charge in [-0.25, -0.2) is 8.42 Å². The van der Waals surface area contributed by atoms with E-state index in [1.165, 1.54) is 9.87 Å². The molecular weight excluding hydrogens is 410 g/mol. The van der Waals surface area contributed by atoms with Gasteiger partial charge in [0.05, 0.1) is 4.90 Å². The molecule has 0 atom stereocenters. The maximum atomic E-state index is 13.0. The number of hydrogen-bond donors (Lipinski definition) is 1. The second kappa shape index (κ2) is 8.83. The van der Waals surface area contributed by atoms with Crippen LogP contribution in [0, 0.1) is 0 Å². The number of amides is 1. The number of carbonyl (C=O) groups is 1. The molecule has 1 heterocycles. The Bertz CT molecular complexity index is 985. The Hall–Kier alpha value is -1.93. The van der Waals surface area contributed by atoms with Crippen LogP contribution in [0.15, 0.2) is 47.4 Å². The Morgan fingerprint density at radius 1 is 0.931 bits per heavy atom. The maximum Gasteiger partial charge on any atom is 0.253 e. The molecule has 6 nitrogen and oxygen atoms in total. The first-order valence-electron chi connectivity index (χ1n) is 9.69. The Morgan fingerprint density at radius 3 is 2.24 bits per heavy atom. The van der Waals surface area contributed by atoms with E-state index in [4.69, 9.17) is 5.73 Å². The van der Waals surface area contributed by atoms with Gasteiger partial charge in [0.25, 0.3) is 5.91 Å². The molecule has 1 aliphatic heterocycles. The average Bonchev–Trinajstić information content (AvgIpc) is 3.21. The van der Waals surface area contributed by atoms with E-state index in [-0.39, 0.29) is 18.3 Å². The molecule has 156 valence electrons. The van der Waals surface area contributed by atoms with Gasteiger partial charge in [-0.15, -0.1) is 12.4 Å². The number of halogens is 1. The summed E-state index contributed by atoms with van der Waals surface area (Å²) in [5.41, 5.74) is 9.58. The van der Waals surface area contributed by atoms with Crippen LogP contribution in [0.4, 0.5) is 0 Å². The largest absolute Gasteiger partial charge is 0.336 e. The second-order valence-corrected chi connectivity index (χ2v) is 9.32. The van der Waals surface area contributed by atoms with Gasteiger partial charge in [-0.2, -0.15) is 4.31 Å². The fraction of sp³-hybridized carbons (Fsp3) is 0.381. The average molecular weight is 436 g/mol. The van der Waals surface area contributed by atoms with Crippen LogP contribution in [0.3, 0.4) is 0 Å². The minimum absolute atomic E-state index is 0. The van der Waals surface area contributed by atoms with E-state index >= 15 is 0 Å². The first-order valence-corrected chi connectivity index (χ1v) is 11.1. The number of piperazine rings is 1. The number of rotatable bonds is 4. The monoisotopic (exact) mass is 435 g/mol. The summed E-state index contributed by atoms with van der Waals surface area (Å²) in [6, 6.07) is 12.7. The van der Waals surface area contributed by atoms with Crippen LogP contribution >= 0.6 is 12.4 Å². The SMILES string of the molecule is Cl.NCc1ccc(C(=O)N2CCN(S(=O)(=O)c3ccc4c(c3)CCC4)CC2)cc1. The van der Waals surface area contributed by atoms with Gasteiger partial charge >= 0.3 is 0 Å². The molecule has 1 amide bonds. The van der Waals surface area contributed by atoms with E-state index in [1.54, 1.807) is 23.1 Å². The first kappa shape index (κ1) is 21.8. The van der Waals surface area contributed by atoms with Gasteiger partial charge in [0.2, 0.25) is 10.0 Å². The van der Waals surface area contributed by atoms with E-state index in [0.29, 0.717) is 43.2 Å². The van der Waals surface area contributed by atoms with Crippen molar-refractivity contribution in [1.82, 2.24) is 9.21 Å². The zero-order chi connectivity index (χ0) is 19.7. The van der Waals surface area contributed by atoms with Crippen LogP contribution in [-0.2, 0) is 29.4 Å². The Kier molecular flexibility index (Phi) is 6.63. The summed E-state index contributed by atoms with van der Waals surface area (Å²) in [4.78, 5) is 14.8. The molecule has 29 heavy (non-hydrogen) atoms. The van der Waals surface area contributed by atoms with E-state index in [9.17, 15) is 13.2 Å². The van der Waals surface area contributed by atoms with Crippen molar-refractivity contribution in [1.29, 1.82) is 0 Å². The van der Waals surface area contributed by atoms with E-state index < -0.39 is 10.0 Å². The number of benzene rings is 2. The molecule has 1 aliphatic carbocycles. The van der Waals surface area contributed by atoms with Crippen molar-refractivity contribution in [3.8, 4) is 0 Å². The summed E-state index contributed by atoms with van der Waals surface area (Å²) in [7, 11) is -3.52. The van der Waals surface area contributed by atoms with Gasteiger partial charge in [0.1, 0.15) is 0 Å². The minimum Gasteiger partial charge on any atom is -0.336 e. The van der Waals surface area contributed by atoms with Crippen molar-refractivity contribution in [2.45, 2.75) is 30.7 Å². The number of sulfonamides is 1. The maximum absolute atomic E-state index is 13.0. The summed E-state index contributed by atoms with van der Waals surface area (Å²) in [6.07, 6.45) is 3.07. The summed E-state index contributed by atoms with van der Waals surface area (Å²) < 4.78 is 27.5. The molecule has 2 aromatic carbocycles. The van der Waals surface area contributed by atoms with Crippen LogP contribution in [0.5, 0.6) is 0 Å². The second-order valence-electron chi connectivity index (χ2n) is 7.38. The third kappa shape index (κ3) is 4.33. The Balaban J connectivity index is 0.00000240. The first-order chi connectivity index (χ1) is 13.5. The summed E-state index contributed by atoms with van der Waals surface area (Å²) in [5.74, 6) is -0.0712. The van der Waals surface area contributed by atoms with Crippen molar-refractivity contribution in [2.24, 2.45) is 5.73 Å². The van der Waals surface area contributed by atoms with Gasteiger partial charge in [-0.1, -0.05) is 18.2 Å². The number of hydrogen-bond acceptors (Lipinski definition) is 4. The van der Waals surface area contributed by atoms with E-state index in [2.05, 4.69) is 0 Å². The van der Waals surface area contributed by atoms with E-state index in [0.717, 1.165) is 30.4 Å². The highest BCUT2D eigenvalue weighted by Gasteiger charge is 2.31. The minimum atomic E-state index is -3.52. The molecule has 2 aliphatic rings. The van der Waals surface area contributed by atoms with E-state index in [1.807, 2.05) is 24.3 Å². The van der Waals surface area contributed by atoms with Gasteiger partial charge in [0.15, 0.2) is 0 Å². The molecular formula is C21H26ClN3O3S. The number of aryl methyl sites for hydroxylation is 2. The van der Waals surface area contributed by atoms with Crippen molar-refractivity contribution in [3.05, 3.63) is 64.7 Å². The molecule has 0 saturated carbocycles. The third-order valence-electron chi connectivity index (χ3n) is 5.67. The van der Waals surface area contributed by atoms with Crippen molar-refractivity contribution < 1.29 is 13.2 Å². The quantitative estimate of drug-likeness (QED) is 0.797. The fourth-order valence-corrected chi connectivity index (χ4v) is 5.43. The molecule has 0 spiro atoms. The van der Waals surface area contributed by atoms with Crippen LogP contribution < -0.4 is 5.73 Å². The smallest absolute Gasteiger partial charge is 0.253 e. The van der Waals surface area contributed by atoms with Gasteiger partial charge < -0.3 is 10.6 Å². The topological polar surface area (TPSA) is 83.7 Å². The number of nitrogens with two attached hydrogens (primary N) is 1. The standard InChI is InChI=1S/C21H25N3O3S.ClH/c22-15-16-4-6-18(7-5-16)21(25)23-10-12-24(13-11-23)28(26,27)20-9-8-17-2-1-3-19(17)14-20;/h4-9,14H,1-3,10-13,15,22H2;1H. The highest BCUT2D eigenvalue weighted by atomic mass is 35.5. The van der Waals surface area contributed by atoms with Crippen molar-refractivity contribution in [2.75, 3.05) is 26.2 Å². The summed E-state index contributed by atoms with van der Waals surface area (Å²) in [6.45, 7) is 1.84. The normalized spacial score (nSPS) is 16.9. The Morgan fingerprint density at radius 2 is 1.59 bits per heavy atom. The molecule has 0 radical (unpaired) electrons. The predicted molar refractivity (Wildman–Crippen MR) is 115 cm³/mol. The molecule has 2 N–H and O–H groups in total. The lowest BCUT2D eigenvalue weighted by Gasteiger charge is -2.34. The summed E-state index contributed by atoms with van der Waals surface area (Å²) >= 11 is 0. The van der Waals surface area contributed by atoms with Gasteiger partial charge in [-0.05, 0) is 60.2 Å². The fourth-order valence-electron chi connectivity index (χ4n) is 3.96. The van der Waals surface area contributed by atoms with Gasteiger partial charge in [-0.3, -0.25) is 4.79 Å². The zero-order valence-corrected chi connectivity index (χ0v) is 17.8. The molecule has 2 aromatic rings. The predicted octanol–water partition coefficient (Wildman–Crippen LogP) is 2.20. The highest BCUT2D eigenvalue weighted by Crippen LogP contribution is 2.27. The van der Waals surface area contributed by atoms with Gasteiger partial charge in [0, 0.05) is 38.3 Å². The molecule has 0 bridgehead atoms. The molecule has 4 rings (SSSR count). The van der Waals surface area contributed by atoms with Crippen molar-refractivity contribution in [3.63, 3.8) is 0 Å². The number of nitrogens with zero attached hydrogens (tertiary/aromatic N) is 2. The summed E-state index contributed by atoms with van der Waals surface area (Å²) in [5, 5.41) is 0. The molecule has 1 saturated heterocycles. The number of carbonyl (C=O) groups excluding carboxylic acids is 1. The Labute approximate surface area is 178 Å². The van der Waals surface area contributed by atoms with Crippen LogP contribution in [0.25, 0.3) is 0 Å². The lowest BCUT2D eigenvalue weighted by molar-refractivity contribution is 0.0698. The molecule has 8 heteroatoms. The van der Waals surface area contributed by atoms with Crippen LogP contribution in [0.1, 0.15) is 33.5 Å². The highest BCUT2D eigenvalue weighted by molar-refractivity contribution is 7.89. The lowest BCUT2D eigenvalue weighted by atomic mass is 10.1. The third-order valence-corrected chi connectivity index (χ3v) is 7.56. The van der Waals surface area contributed by atoms with Crippen molar-refractivity contribution >= 4 is 28.3 Å². The van der Waals surface area contributed by atoms with Crippen LogP contribution in [-0.4, -0.2) is 49.7 Å². The van der Waals surface area contributed by atoms with Crippen LogP contribution in [0.2, 0.25) is 0 Å².